The van der Waals surface area contributed by atoms with Crippen LogP contribution in [0.1, 0.15) is 47.5 Å². The Balaban J connectivity index is 1.79. The van der Waals surface area contributed by atoms with Crippen molar-refractivity contribution < 1.29 is 9.59 Å². The van der Waals surface area contributed by atoms with E-state index in [4.69, 9.17) is 5.73 Å². The van der Waals surface area contributed by atoms with Gasteiger partial charge in [-0.3, -0.25) is 9.69 Å². The van der Waals surface area contributed by atoms with Crippen LogP contribution in [-0.2, 0) is 4.79 Å². The van der Waals surface area contributed by atoms with Crippen LogP contribution in [0.25, 0.3) is 0 Å². The van der Waals surface area contributed by atoms with Crippen molar-refractivity contribution >= 4 is 12.2 Å². The van der Waals surface area contributed by atoms with Gasteiger partial charge in [-0.15, -0.1) is 0 Å². The molecule has 0 saturated carbocycles. The molecular weight excluding hydrogens is 252 g/mol. The number of benzene rings is 1. The van der Waals surface area contributed by atoms with Crippen molar-refractivity contribution in [3.63, 3.8) is 0 Å². The summed E-state index contributed by atoms with van der Waals surface area (Å²) in [5, 5.41) is 0. The predicted molar refractivity (Wildman–Crippen MR) is 76.5 cm³/mol. The largest absolute Gasteiger partial charge is 0.366 e. The van der Waals surface area contributed by atoms with Gasteiger partial charge in [-0.05, 0) is 49.3 Å². The molecule has 1 amide bonds. The molecule has 106 valence electrons. The van der Waals surface area contributed by atoms with Gasteiger partial charge in [0.1, 0.15) is 6.29 Å². The SMILES string of the molecule is NC(=O)c1cccc(C2CC3CCC(C2)N3CC=O)c1. The molecule has 2 heterocycles. The van der Waals surface area contributed by atoms with E-state index in [2.05, 4.69) is 11.0 Å². The Bertz CT molecular complexity index is 515. The maximum Gasteiger partial charge on any atom is 0.248 e. The highest BCUT2D eigenvalue weighted by Gasteiger charge is 2.40. The van der Waals surface area contributed by atoms with Gasteiger partial charge in [-0.25, -0.2) is 0 Å². The van der Waals surface area contributed by atoms with Crippen LogP contribution < -0.4 is 5.73 Å². The molecule has 1 aromatic carbocycles. The van der Waals surface area contributed by atoms with Crippen LogP contribution in [0.15, 0.2) is 24.3 Å². The van der Waals surface area contributed by atoms with Gasteiger partial charge in [-0.1, -0.05) is 12.1 Å². The lowest BCUT2D eigenvalue weighted by molar-refractivity contribution is -0.109. The first kappa shape index (κ1) is 13.3. The van der Waals surface area contributed by atoms with Crippen LogP contribution in [0, 0.1) is 0 Å². The van der Waals surface area contributed by atoms with Crippen molar-refractivity contribution in [2.75, 3.05) is 6.54 Å². The molecule has 2 aliphatic rings. The highest BCUT2D eigenvalue weighted by Crippen LogP contribution is 2.42. The number of fused-ring (bicyclic) bond motifs is 2. The second-order valence-corrected chi connectivity index (χ2v) is 5.91. The lowest BCUT2D eigenvalue weighted by Crippen LogP contribution is -2.43. The Labute approximate surface area is 118 Å². The Hall–Kier alpha value is -1.68. The van der Waals surface area contributed by atoms with Gasteiger partial charge in [-0.2, -0.15) is 0 Å². The highest BCUT2D eigenvalue weighted by molar-refractivity contribution is 5.92. The van der Waals surface area contributed by atoms with E-state index in [9.17, 15) is 9.59 Å². The van der Waals surface area contributed by atoms with Gasteiger partial charge in [0, 0.05) is 17.6 Å². The summed E-state index contributed by atoms with van der Waals surface area (Å²) in [4.78, 5) is 24.4. The molecule has 0 spiro atoms. The number of aldehydes is 1. The number of carbonyl (C=O) groups is 2. The molecule has 0 aliphatic carbocycles. The van der Waals surface area contributed by atoms with E-state index in [0.29, 0.717) is 30.1 Å². The second-order valence-electron chi connectivity index (χ2n) is 5.91. The Morgan fingerprint density at radius 3 is 2.60 bits per heavy atom. The van der Waals surface area contributed by atoms with Crippen LogP contribution in [0.2, 0.25) is 0 Å². The summed E-state index contributed by atoms with van der Waals surface area (Å²) in [7, 11) is 0. The fourth-order valence-corrected chi connectivity index (χ4v) is 3.88. The van der Waals surface area contributed by atoms with Crippen LogP contribution >= 0.6 is 0 Å². The number of nitrogens with two attached hydrogens (primary N) is 1. The van der Waals surface area contributed by atoms with Crippen LogP contribution in [0.3, 0.4) is 0 Å². The molecule has 4 heteroatoms. The third-order valence-electron chi connectivity index (χ3n) is 4.81. The molecule has 2 aliphatic heterocycles. The second kappa shape index (κ2) is 5.37. The molecule has 2 bridgehead atoms. The lowest BCUT2D eigenvalue weighted by atomic mass is 9.84. The fourth-order valence-electron chi connectivity index (χ4n) is 3.88. The number of piperidine rings is 1. The summed E-state index contributed by atoms with van der Waals surface area (Å²) >= 11 is 0. The molecule has 2 atom stereocenters. The summed E-state index contributed by atoms with van der Waals surface area (Å²) in [6.07, 6.45) is 5.54. The van der Waals surface area contributed by atoms with E-state index >= 15 is 0 Å². The minimum absolute atomic E-state index is 0.367. The van der Waals surface area contributed by atoms with Crippen molar-refractivity contribution in [3.8, 4) is 0 Å². The summed E-state index contributed by atoms with van der Waals surface area (Å²) in [5.41, 5.74) is 7.15. The van der Waals surface area contributed by atoms with Crippen LogP contribution in [0.4, 0.5) is 0 Å². The number of amides is 1. The van der Waals surface area contributed by atoms with Crippen LogP contribution in [-0.4, -0.2) is 35.7 Å². The van der Waals surface area contributed by atoms with Crippen molar-refractivity contribution in [1.29, 1.82) is 0 Å². The van der Waals surface area contributed by atoms with Gasteiger partial charge in [0.25, 0.3) is 0 Å². The molecule has 2 unspecified atom stereocenters. The first-order chi connectivity index (χ1) is 9.69. The average Bonchev–Trinajstić information content (AvgIpc) is 2.70. The van der Waals surface area contributed by atoms with Crippen LogP contribution in [0.5, 0.6) is 0 Å². The lowest BCUT2D eigenvalue weighted by Gasteiger charge is -2.38. The molecule has 2 saturated heterocycles. The molecular formula is C16H20N2O2. The number of primary amides is 1. The highest BCUT2D eigenvalue weighted by atomic mass is 16.1. The molecule has 3 rings (SSSR count). The average molecular weight is 272 g/mol. The first-order valence-corrected chi connectivity index (χ1v) is 7.28. The Morgan fingerprint density at radius 2 is 2.00 bits per heavy atom. The van der Waals surface area contributed by atoms with Gasteiger partial charge in [0.05, 0.1) is 6.54 Å². The number of hydrogen-bond acceptors (Lipinski definition) is 3. The summed E-state index contributed by atoms with van der Waals surface area (Å²) in [6, 6.07) is 8.73. The third kappa shape index (κ3) is 2.36. The quantitative estimate of drug-likeness (QED) is 0.848. The minimum Gasteiger partial charge on any atom is -0.366 e. The molecule has 4 nitrogen and oxygen atoms in total. The molecule has 20 heavy (non-hydrogen) atoms. The van der Waals surface area contributed by atoms with Crippen molar-refractivity contribution in [2.24, 2.45) is 5.73 Å². The number of nitrogens with zero attached hydrogens (tertiary/aromatic N) is 1. The fraction of sp³-hybridized carbons (Fsp3) is 0.500. The number of hydrogen-bond donors (Lipinski definition) is 1. The maximum absolute atomic E-state index is 11.3. The minimum atomic E-state index is -0.367. The zero-order valence-electron chi connectivity index (χ0n) is 11.5. The molecule has 2 fully saturated rings. The Kier molecular flexibility index (Phi) is 3.57. The number of carbonyl (C=O) groups excluding carboxylic acids is 2. The zero-order valence-corrected chi connectivity index (χ0v) is 11.5. The van der Waals surface area contributed by atoms with E-state index in [-0.39, 0.29) is 5.91 Å². The molecule has 2 N–H and O–H groups in total. The summed E-state index contributed by atoms with van der Waals surface area (Å²) in [6.45, 7) is 0.559. The summed E-state index contributed by atoms with van der Waals surface area (Å²) in [5.74, 6) is 0.114. The van der Waals surface area contributed by atoms with E-state index in [0.717, 1.165) is 19.1 Å². The van der Waals surface area contributed by atoms with Crippen molar-refractivity contribution in [1.82, 2.24) is 4.90 Å². The standard InChI is InChI=1S/C16H20N2O2/c17-16(20)12-3-1-2-11(8-12)13-9-14-4-5-15(10-13)18(14)6-7-19/h1-3,7-8,13-15H,4-6,9-10H2,(H2,17,20). The van der Waals surface area contributed by atoms with E-state index < -0.39 is 0 Å². The van der Waals surface area contributed by atoms with Gasteiger partial charge in [0.15, 0.2) is 0 Å². The van der Waals surface area contributed by atoms with E-state index in [1.165, 1.54) is 18.4 Å². The third-order valence-corrected chi connectivity index (χ3v) is 4.81. The molecule has 0 radical (unpaired) electrons. The van der Waals surface area contributed by atoms with Crippen molar-refractivity contribution in [2.45, 2.75) is 43.7 Å². The maximum atomic E-state index is 11.3. The van der Waals surface area contributed by atoms with Crippen molar-refractivity contribution in [3.05, 3.63) is 35.4 Å². The van der Waals surface area contributed by atoms with Gasteiger partial charge < -0.3 is 10.5 Å². The Morgan fingerprint density at radius 1 is 1.30 bits per heavy atom. The molecule has 0 aromatic heterocycles. The van der Waals surface area contributed by atoms with E-state index in [1.807, 2.05) is 12.1 Å². The summed E-state index contributed by atoms with van der Waals surface area (Å²) < 4.78 is 0. The topological polar surface area (TPSA) is 63.4 Å². The number of rotatable bonds is 4. The van der Waals surface area contributed by atoms with E-state index in [1.54, 1.807) is 6.07 Å². The monoisotopic (exact) mass is 272 g/mol. The van der Waals surface area contributed by atoms with Gasteiger partial charge in [0.2, 0.25) is 5.91 Å². The normalized spacial score (nSPS) is 29.3. The smallest absolute Gasteiger partial charge is 0.248 e. The van der Waals surface area contributed by atoms with Gasteiger partial charge >= 0.3 is 0 Å². The zero-order chi connectivity index (χ0) is 14.1. The predicted octanol–water partition coefficient (Wildman–Crippen LogP) is 1.69. The molecule has 1 aromatic rings. The first-order valence-electron chi connectivity index (χ1n) is 7.28.